The van der Waals surface area contributed by atoms with E-state index in [9.17, 15) is 4.79 Å². The Hall–Kier alpha value is -2.08. The van der Waals surface area contributed by atoms with Crippen LogP contribution in [0.3, 0.4) is 0 Å². The monoisotopic (exact) mass is 291 g/mol. The fraction of sp³-hybridized carbons (Fsp3) is 0.286. The van der Waals surface area contributed by atoms with Gasteiger partial charge in [-0.25, -0.2) is 9.78 Å². The van der Waals surface area contributed by atoms with Gasteiger partial charge in [-0.1, -0.05) is 0 Å². The van der Waals surface area contributed by atoms with E-state index < -0.39 is 5.97 Å². The highest BCUT2D eigenvalue weighted by molar-refractivity contribution is 7.11. The number of carbonyl (C=O) groups is 1. The molecule has 106 valence electrons. The van der Waals surface area contributed by atoms with Gasteiger partial charge in [0.2, 0.25) is 0 Å². The zero-order valence-electron chi connectivity index (χ0n) is 11.6. The Morgan fingerprint density at radius 1 is 1.45 bits per heavy atom. The molecule has 4 N–H and O–H groups in total. The molecule has 1 aromatic carbocycles. The summed E-state index contributed by atoms with van der Waals surface area (Å²) in [6.07, 6.45) is 0. The highest BCUT2D eigenvalue weighted by atomic mass is 32.1. The number of aromatic carboxylic acids is 1. The smallest absolute Gasteiger partial charge is 0.337 e. The fourth-order valence-electron chi connectivity index (χ4n) is 2.10. The molecule has 20 heavy (non-hydrogen) atoms. The second-order valence-electron chi connectivity index (χ2n) is 4.66. The number of aryl methyl sites for hydroxylation is 2. The standard InChI is InChI=1S/C14H17N3O2S/c1-7-13(20-9(3)16-7)8(2)17-10-4-5-12(15)11(6-10)14(18)19/h4-6,8,17H,15H2,1-3H3,(H,18,19). The Morgan fingerprint density at radius 3 is 2.70 bits per heavy atom. The number of rotatable bonds is 4. The van der Waals surface area contributed by atoms with Gasteiger partial charge < -0.3 is 16.2 Å². The van der Waals surface area contributed by atoms with E-state index in [1.54, 1.807) is 29.5 Å². The van der Waals surface area contributed by atoms with Crippen LogP contribution in [0.15, 0.2) is 18.2 Å². The summed E-state index contributed by atoms with van der Waals surface area (Å²) in [5, 5.41) is 13.4. The van der Waals surface area contributed by atoms with Crippen LogP contribution in [0.2, 0.25) is 0 Å². The predicted octanol–water partition coefficient (Wildman–Crippen LogP) is 3.21. The number of nitrogen functional groups attached to an aromatic ring is 1. The molecule has 2 rings (SSSR count). The van der Waals surface area contributed by atoms with Crippen molar-refractivity contribution in [3.63, 3.8) is 0 Å². The molecule has 1 aromatic heterocycles. The summed E-state index contributed by atoms with van der Waals surface area (Å²) in [6.45, 7) is 5.97. The van der Waals surface area contributed by atoms with Gasteiger partial charge in [0.25, 0.3) is 0 Å². The average Bonchev–Trinajstić information content (AvgIpc) is 2.70. The first-order valence-electron chi connectivity index (χ1n) is 6.21. The Balaban J connectivity index is 2.24. The number of thiazole rings is 1. The Morgan fingerprint density at radius 2 is 2.15 bits per heavy atom. The maximum Gasteiger partial charge on any atom is 0.337 e. The molecule has 0 aliphatic heterocycles. The zero-order chi connectivity index (χ0) is 14.9. The summed E-state index contributed by atoms with van der Waals surface area (Å²) in [5.74, 6) is -1.02. The van der Waals surface area contributed by atoms with E-state index in [2.05, 4.69) is 10.3 Å². The number of benzene rings is 1. The van der Waals surface area contributed by atoms with Gasteiger partial charge >= 0.3 is 5.97 Å². The van der Waals surface area contributed by atoms with Crippen LogP contribution in [0.1, 0.15) is 38.9 Å². The molecule has 1 unspecified atom stereocenters. The maximum absolute atomic E-state index is 11.1. The molecule has 0 spiro atoms. The van der Waals surface area contributed by atoms with Gasteiger partial charge in [0.05, 0.1) is 22.3 Å². The van der Waals surface area contributed by atoms with Gasteiger partial charge in [-0.2, -0.15) is 0 Å². The number of carboxylic acid groups (broad SMARTS) is 1. The molecule has 0 bridgehead atoms. The molecule has 0 aliphatic carbocycles. The predicted molar refractivity (Wildman–Crippen MR) is 81.4 cm³/mol. The number of anilines is 2. The molecule has 0 radical (unpaired) electrons. The quantitative estimate of drug-likeness (QED) is 0.753. The molecule has 0 saturated heterocycles. The van der Waals surface area contributed by atoms with E-state index in [1.165, 1.54) is 0 Å². The second kappa shape index (κ2) is 5.50. The maximum atomic E-state index is 11.1. The molecular formula is C14H17N3O2S. The van der Waals surface area contributed by atoms with Crippen molar-refractivity contribution < 1.29 is 9.90 Å². The lowest BCUT2D eigenvalue weighted by molar-refractivity contribution is 0.0698. The third-order valence-electron chi connectivity index (χ3n) is 3.00. The van der Waals surface area contributed by atoms with E-state index in [1.807, 2.05) is 20.8 Å². The van der Waals surface area contributed by atoms with E-state index in [0.29, 0.717) is 0 Å². The summed E-state index contributed by atoms with van der Waals surface area (Å²) >= 11 is 1.64. The van der Waals surface area contributed by atoms with Crippen molar-refractivity contribution in [2.75, 3.05) is 11.1 Å². The van der Waals surface area contributed by atoms with E-state index >= 15 is 0 Å². The van der Waals surface area contributed by atoms with Crippen molar-refractivity contribution in [3.8, 4) is 0 Å². The third-order valence-corrected chi connectivity index (χ3v) is 4.26. The number of carboxylic acids is 1. The average molecular weight is 291 g/mol. The summed E-state index contributed by atoms with van der Waals surface area (Å²) in [6, 6.07) is 4.99. The van der Waals surface area contributed by atoms with Crippen molar-refractivity contribution in [3.05, 3.63) is 39.3 Å². The summed E-state index contributed by atoms with van der Waals surface area (Å²) in [5.41, 5.74) is 7.75. The topological polar surface area (TPSA) is 88.2 Å². The Bertz CT molecular complexity index is 652. The van der Waals surface area contributed by atoms with Crippen molar-refractivity contribution >= 4 is 28.7 Å². The van der Waals surface area contributed by atoms with Crippen molar-refractivity contribution in [2.24, 2.45) is 0 Å². The first-order valence-corrected chi connectivity index (χ1v) is 7.03. The van der Waals surface area contributed by atoms with Crippen LogP contribution in [-0.2, 0) is 0 Å². The summed E-state index contributed by atoms with van der Waals surface area (Å²) in [7, 11) is 0. The molecule has 0 fully saturated rings. The van der Waals surface area contributed by atoms with Gasteiger partial charge in [0.15, 0.2) is 0 Å². The van der Waals surface area contributed by atoms with Crippen LogP contribution in [0, 0.1) is 13.8 Å². The SMILES string of the molecule is Cc1nc(C)c(C(C)Nc2ccc(N)c(C(=O)O)c2)s1. The van der Waals surface area contributed by atoms with Crippen LogP contribution in [-0.4, -0.2) is 16.1 Å². The van der Waals surface area contributed by atoms with Crippen LogP contribution >= 0.6 is 11.3 Å². The van der Waals surface area contributed by atoms with E-state index in [-0.39, 0.29) is 17.3 Å². The minimum atomic E-state index is -1.02. The highest BCUT2D eigenvalue weighted by Crippen LogP contribution is 2.28. The van der Waals surface area contributed by atoms with Gasteiger partial charge in [-0.3, -0.25) is 0 Å². The molecule has 0 saturated carbocycles. The number of nitrogens with zero attached hydrogens (tertiary/aromatic N) is 1. The normalized spacial score (nSPS) is 12.2. The first-order chi connectivity index (χ1) is 9.38. The van der Waals surface area contributed by atoms with E-state index in [0.717, 1.165) is 21.3 Å². The van der Waals surface area contributed by atoms with Gasteiger partial charge in [0, 0.05) is 16.3 Å². The van der Waals surface area contributed by atoms with Crippen molar-refractivity contribution in [2.45, 2.75) is 26.8 Å². The third kappa shape index (κ3) is 2.91. The first kappa shape index (κ1) is 14.3. The highest BCUT2D eigenvalue weighted by Gasteiger charge is 2.14. The van der Waals surface area contributed by atoms with E-state index in [4.69, 9.17) is 10.8 Å². The summed E-state index contributed by atoms with van der Waals surface area (Å²) < 4.78 is 0. The minimum Gasteiger partial charge on any atom is -0.478 e. The molecule has 2 aromatic rings. The molecule has 0 amide bonds. The second-order valence-corrected chi connectivity index (χ2v) is 5.89. The lowest BCUT2D eigenvalue weighted by Gasteiger charge is -2.15. The van der Waals surface area contributed by atoms with Gasteiger partial charge in [0.1, 0.15) is 0 Å². The van der Waals surface area contributed by atoms with Crippen LogP contribution in [0.5, 0.6) is 0 Å². The van der Waals surface area contributed by atoms with Gasteiger partial charge in [-0.05, 0) is 39.0 Å². The minimum absolute atomic E-state index is 0.0615. The van der Waals surface area contributed by atoms with Gasteiger partial charge in [-0.15, -0.1) is 11.3 Å². The fourth-order valence-corrected chi connectivity index (χ4v) is 3.03. The lowest BCUT2D eigenvalue weighted by Crippen LogP contribution is -2.08. The summed E-state index contributed by atoms with van der Waals surface area (Å²) in [4.78, 5) is 16.6. The molecule has 1 atom stereocenters. The van der Waals surface area contributed by atoms with Crippen LogP contribution in [0.25, 0.3) is 0 Å². The number of hydrogen-bond acceptors (Lipinski definition) is 5. The van der Waals surface area contributed by atoms with Crippen molar-refractivity contribution in [1.82, 2.24) is 4.98 Å². The molecule has 1 heterocycles. The number of aromatic nitrogens is 1. The Labute approximate surface area is 121 Å². The van der Waals surface area contributed by atoms with Crippen molar-refractivity contribution in [1.29, 1.82) is 0 Å². The Kier molecular flexibility index (Phi) is 3.94. The molecular weight excluding hydrogens is 274 g/mol. The zero-order valence-corrected chi connectivity index (χ0v) is 12.4. The number of nitrogens with one attached hydrogen (secondary N) is 1. The van der Waals surface area contributed by atoms with Crippen LogP contribution < -0.4 is 11.1 Å². The lowest BCUT2D eigenvalue weighted by atomic mass is 10.1. The molecule has 5 nitrogen and oxygen atoms in total. The number of nitrogens with two attached hydrogens (primary N) is 1. The number of hydrogen-bond donors (Lipinski definition) is 3. The van der Waals surface area contributed by atoms with Crippen LogP contribution in [0.4, 0.5) is 11.4 Å². The molecule has 6 heteroatoms. The molecule has 0 aliphatic rings. The largest absolute Gasteiger partial charge is 0.478 e.